The summed E-state index contributed by atoms with van der Waals surface area (Å²) in [6, 6.07) is 20.5. The monoisotopic (exact) mass is 532 g/mol. The van der Waals surface area contributed by atoms with Crippen LogP contribution >= 0.6 is 36.4 Å². The van der Waals surface area contributed by atoms with Crippen LogP contribution in [0.2, 0.25) is 5.02 Å². The Morgan fingerprint density at radius 2 is 1.59 bits per heavy atom. The number of aliphatic hydroxyl groups is 1. The molecule has 1 fully saturated rings. The molecule has 0 spiro atoms. The molecule has 0 aliphatic carbocycles. The van der Waals surface area contributed by atoms with Gasteiger partial charge in [-0.25, -0.2) is 0 Å². The summed E-state index contributed by atoms with van der Waals surface area (Å²) in [4.78, 5) is 4.87. The summed E-state index contributed by atoms with van der Waals surface area (Å²) < 4.78 is 5.30. The molecule has 9 heteroatoms. The van der Waals surface area contributed by atoms with Crippen LogP contribution in [0, 0.1) is 0 Å². The highest BCUT2D eigenvalue weighted by molar-refractivity contribution is 6.37. The molecule has 3 aromatic rings. The highest BCUT2D eigenvalue weighted by Gasteiger charge is 2.27. The SMILES string of the molecule is COc1ccc2cc(C(O)C(C)N3CCN(Cc4ccccc4)CC3)ccc2c1Cl.Cl.Cl.O.O. The normalized spacial score (nSPS) is 15.6. The van der Waals surface area contributed by atoms with E-state index in [2.05, 4.69) is 47.1 Å². The minimum Gasteiger partial charge on any atom is -0.495 e. The molecule has 190 valence electrons. The van der Waals surface area contributed by atoms with Gasteiger partial charge in [0.1, 0.15) is 5.75 Å². The van der Waals surface area contributed by atoms with Crippen molar-refractivity contribution in [3.63, 3.8) is 0 Å². The lowest BCUT2D eigenvalue weighted by Crippen LogP contribution is -2.50. The third-order valence-corrected chi connectivity index (χ3v) is 6.58. The van der Waals surface area contributed by atoms with E-state index >= 15 is 0 Å². The molecule has 0 amide bonds. The van der Waals surface area contributed by atoms with Gasteiger partial charge in [-0.1, -0.05) is 60.1 Å². The van der Waals surface area contributed by atoms with E-state index in [1.54, 1.807) is 7.11 Å². The number of ether oxygens (including phenoxy) is 1. The first-order valence-corrected chi connectivity index (χ1v) is 10.9. The van der Waals surface area contributed by atoms with Gasteiger partial charge in [0.15, 0.2) is 0 Å². The first kappa shape index (κ1) is 32.4. The average Bonchev–Trinajstić information content (AvgIpc) is 2.79. The predicted molar refractivity (Wildman–Crippen MR) is 145 cm³/mol. The number of hydrogen-bond donors (Lipinski definition) is 1. The van der Waals surface area contributed by atoms with Crippen LogP contribution in [-0.2, 0) is 6.54 Å². The standard InChI is InChI=1S/C25H29ClN2O2.2ClH.2H2O/c1-18(28-14-12-27(13-15-28)17-19-6-4-3-5-7-19)25(29)21-8-10-22-20(16-21)9-11-23(30-2)24(22)26;;;;/h3-11,16,18,25,29H,12-15,17H2,1-2H3;2*1H;2*1H2. The van der Waals surface area contributed by atoms with Gasteiger partial charge in [0.2, 0.25) is 0 Å². The molecule has 0 saturated carbocycles. The van der Waals surface area contributed by atoms with Crippen LogP contribution in [0.5, 0.6) is 5.75 Å². The Morgan fingerprint density at radius 3 is 2.21 bits per heavy atom. The molecule has 1 heterocycles. The van der Waals surface area contributed by atoms with Crippen molar-refractivity contribution in [1.82, 2.24) is 9.80 Å². The van der Waals surface area contributed by atoms with Gasteiger partial charge in [-0.2, -0.15) is 0 Å². The fourth-order valence-corrected chi connectivity index (χ4v) is 4.59. The lowest BCUT2D eigenvalue weighted by molar-refractivity contribution is 0.0245. The Labute approximate surface area is 218 Å². The van der Waals surface area contributed by atoms with E-state index in [-0.39, 0.29) is 41.8 Å². The van der Waals surface area contributed by atoms with Crippen molar-refractivity contribution >= 4 is 47.2 Å². The second-order valence-electron chi connectivity index (χ2n) is 8.05. The van der Waals surface area contributed by atoms with Gasteiger partial charge in [0.25, 0.3) is 0 Å². The van der Waals surface area contributed by atoms with Crippen molar-refractivity contribution in [2.45, 2.75) is 25.6 Å². The Bertz CT molecular complexity index is 1000. The third-order valence-electron chi connectivity index (χ3n) is 6.19. The zero-order valence-corrected chi connectivity index (χ0v) is 21.8. The fraction of sp³-hybridized carbons (Fsp3) is 0.360. The molecular weight excluding hydrogens is 499 g/mol. The maximum absolute atomic E-state index is 11.1. The zero-order valence-electron chi connectivity index (χ0n) is 19.4. The largest absolute Gasteiger partial charge is 0.495 e. The van der Waals surface area contributed by atoms with E-state index in [1.165, 1.54) is 5.56 Å². The molecule has 4 rings (SSSR count). The number of hydrogen-bond acceptors (Lipinski definition) is 4. The van der Waals surface area contributed by atoms with Gasteiger partial charge in [-0.05, 0) is 35.6 Å². The van der Waals surface area contributed by atoms with Crippen LogP contribution in [0.4, 0.5) is 0 Å². The number of piperazine rings is 1. The summed E-state index contributed by atoms with van der Waals surface area (Å²) in [5.74, 6) is 0.666. The van der Waals surface area contributed by atoms with Crippen molar-refractivity contribution in [1.29, 1.82) is 0 Å². The zero-order chi connectivity index (χ0) is 21.1. The van der Waals surface area contributed by atoms with Crippen LogP contribution in [0.25, 0.3) is 10.8 Å². The maximum atomic E-state index is 11.1. The fourth-order valence-electron chi connectivity index (χ4n) is 4.28. The van der Waals surface area contributed by atoms with Gasteiger partial charge in [-0.3, -0.25) is 9.80 Å². The summed E-state index contributed by atoms with van der Waals surface area (Å²) in [6.45, 7) is 7.05. The van der Waals surface area contributed by atoms with Gasteiger partial charge in [0.05, 0.1) is 18.2 Å². The van der Waals surface area contributed by atoms with Crippen molar-refractivity contribution < 1.29 is 20.8 Å². The molecule has 34 heavy (non-hydrogen) atoms. The minimum atomic E-state index is -0.545. The lowest BCUT2D eigenvalue weighted by Gasteiger charge is -2.39. The molecule has 1 saturated heterocycles. The molecule has 0 aromatic heterocycles. The van der Waals surface area contributed by atoms with E-state index in [4.69, 9.17) is 16.3 Å². The van der Waals surface area contributed by atoms with Crippen molar-refractivity contribution in [3.8, 4) is 5.75 Å². The Balaban J connectivity index is 0.00000272. The highest BCUT2D eigenvalue weighted by Crippen LogP contribution is 2.34. The summed E-state index contributed by atoms with van der Waals surface area (Å²) >= 11 is 6.43. The first-order valence-electron chi connectivity index (χ1n) is 10.5. The molecule has 0 radical (unpaired) electrons. The first-order chi connectivity index (χ1) is 14.6. The molecule has 5 N–H and O–H groups in total. The second-order valence-corrected chi connectivity index (χ2v) is 8.42. The summed E-state index contributed by atoms with van der Waals surface area (Å²) in [5, 5.41) is 13.6. The van der Waals surface area contributed by atoms with Crippen LogP contribution in [0.3, 0.4) is 0 Å². The number of benzene rings is 3. The Morgan fingerprint density at radius 1 is 0.941 bits per heavy atom. The van der Waals surface area contributed by atoms with E-state index in [9.17, 15) is 5.11 Å². The number of halogens is 3. The lowest BCUT2D eigenvalue weighted by atomic mass is 9.98. The van der Waals surface area contributed by atoms with Crippen LogP contribution < -0.4 is 4.74 Å². The van der Waals surface area contributed by atoms with E-state index in [0.717, 1.165) is 49.1 Å². The highest BCUT2D eigenvalue weighted by atomic mass is 35.5. The molecule has 1 aliphatic rings. The summed E-state index contributed by atoms with van der Waals surface area (Å²) in [7, 11) is 1.62. The maximum Gasteiger partial charge on any atom is 0.138 e. The number of rotatable bonds is 6. The average molecular weight is 534 g/mol. The van der Waals surface area contributed by atoms with Gasteiger partial charge in [0, 0.05) is 44.2 Å². The summed E-state index contributed by atoms with van der Waals surface area (Å²) in [6.07, 6.45) is -0.545. The van der Waals surface area contributed by atoms with Gasteiger partial charge < -0.3 is 20.8 Å². The smallest absolute Gasteiger partial charge is 0.138 e. The van der Waals surface area contributed by atoms with Crippen molar-refractivity contribution in [3.05, 3.63) is 76.8 Å². The summed E-state index contributed by atoms with van der Waals surface area (Å²) in [5.41, 5.74) is 2.27. The Hall–Kier alpha value is -1.61. The van der Waals surface area contributed by atoms with Crippen LogP contribution in [0.15, 0.2) is 60.7 Å². The Kier molecular flexibility index (Phi) is 14.0. The quantitative estimate of drug-likeness (QED) is 0.519. The molecular formula is C25H35Cl3N2O4. The van der Waals surface area contributed by atoms with Gasteiger partial charge >= 0.3 is 0 Å². The molecule has 2 atom stereocenters. The molecule has 0 bridgehead atoms. The molecule has 6 nitrogen and oxygen atoms in total. The van der Waals surface area contributed by atoms with E-state index in [0.29, 0.717) is 10.8 Å². The predicted octanol–water partition coefficient (Wildman–Crippen LogP) is 3.94. The number of fused-ring (bicyclic) bond motifs is 1. The number of nitrogens with zero attached hydrogens (tertiary/aromatic N) is 2. The van der Waals surface area contributed by atoms with E-state index < -0.39 is 6.10 Å². The number of methoxy groups -OCH3 is 1. The molecule has 1 aliphatic heterocycles. The molecule has 2 unspecified atom stereocenters. The molecule has 3 aromatic carbocycles. The number of aliphatic hydroxyl groups excluding tert-OH is 1. The van der Waals surface area contributed by atoms with Crippen LogP contribution in [0.1, 0.15) is 24.2 Å². The third kappa shape index (κ3) is 7.20. The van der Waals surface area contributed by atoms with Gasteiger partial charge in [-0.15, -0.1) is 24.8 Å². The second kappa shape index (κ2) is 14.7. The van der Waals surface area contributed by atoms with Crippen LogP contribution in [-0.4, -0.2) is 65.2 Å². The van der Waals surface area contributed by atoms with Crippen molar-refractivity contribution in [2.75, 3.05) is 33.3 Å². The topological polar surface area (TPSA) is 98.9 Å². The van der Waals surface area contributed by atoms with Crippen molar-refractivity contribution in [2.24, 2.45) is 0 Å². The van der Waals surface area contributed by atoms with E-state index in [1.807, 2.05) is 30.3 Å². The minimum absolute atomic E-state index is 0.